The average molecular weight is 286 g/mol. The van der Waals surface area contributed by atoms with Crippen LogP contribution in [0.2, 0.25) is 0 Å². The summed E-state index contributed by atoms with van der Waals surface area (Å²) in [4.78, 5) is 12.0. The standard InChI is InChI=1S/C16H22N4O/c1-13(10-17)6-5-9-18-16(21)14-11-19-20(12-14)15-7-3-2-4-8-15/h2-4,7-8,11-13H,5-6,9-10,17H2,1H3,(H,18,21). The van der Waals surface area contributed by atoms with Gasteiger partial charge in [0.1, 0.15) is 0 Å². The molecule has 2 rings (SSSR count). The number of nitrogens with zero attached hydrogens (tertiary/aromatic N) is 2. The summed E-state index contributed by atoms with van der Waals surface area (Å²) in [6.45, 7) is 3.48. The number of nitrogens with one attached hydrogen (secondary N) is 1. The molecular formula is C16H22N4O. The fourth-order valence-corrected chi connectivity index (χ4v) is 2.03. The molecular weight excluding hydrogens is 264 g/mol. The quantitative estimate of drug-likeness (QED) is 0.764. The smallest absolute Gasteiger partial charge is 0.254 e. The molecule has 0 radical (unpaired) electrons. The van der Waals surface area contributed by atoms with Crippen molar-refractivity contribution in [2.75, 3.05) is 13.1 Å². The number of nitrogens with two attached hydrogens (primary N) is 1. The van der Waals surface area contributed by atoms with Gasteiger partial charge in [0.2, 0.25) is 0 Å². The third kappa shape index (κ3) is 4.43. The topological polar surface area (TPSA) is 72.9 Å². The Bertz CT molecular complexity index is 565. The van der Waals surface area contributed by atoms with Gasteiger partial charge >= 0.3 is 0 Å². The van der Waals surface area contributed by atoms with Gasteiger partial charge in [0.25, 0.3) is 5.91 Å². The first-order valence-corrected chi connectivity index (χ1v) is 7.29. The van der Waals surface area contributed by atoms with Crippen molar-refractivity contribution in [3.05, 3.63) is 48.3 Å². The third-order valence-corrected chi connectivity index (χ3v) is 3.43. The Kier molecular flexibility index (Phi) is 5.51. The number of carbonyl (C=O) groups excluding carboxylic acids is 1. The molecule has 1 aromatic carbocycles. The molecule has 1 unspecified atom stereocenters. The summed E-state index contributed by atoms with van der Waals surface area (Å²) in [7, 11) is 0. The molecule has 0 spiro atoms. The molecule has 0 bridgehead atoms. The van der Waals surface area contributed by atoms with Crippen LogP contribution < -0.4 is 11.1 Å². The molecule has 2 aromatic rings. The van der Waals surface area contributed by atoms with Crippen LogP contribution in [0.5, 0.6) is 0 Å². The fraction of sp³-hybridized carbons (Fsp3) is 0.375. The zero-order chi connectivity index (χ0) is 15.1. The zero-order valence-corrected chi connectivity index (χ0v) is 12.3. The van der Waals surface area contributed by atoms with E-state index in [0.29, 0.717) is 24.6 Å². The highest BCUT2D eigenvalue weighted by atomic mass is 16.1. The lowest BCUT2D eigenvalue weighted by Crippen LogP contribution is -2.24. The lowest BCUT2D eigenvalue weighted by molar-refractivity contribution is 0.0952. The number of para-hydroxylation sites is 1. The predicted molar refractivity (Wildman–Crippen MR) is 83.3 cm³/mol. The van der Waals surface area contributed by atoms with E-state index in [4.69, 9.17) is 5.73 Å². The first-order valence-electron chi connectivity index (χ1n) is 7.29. The molecule has 0 fully saturated rings. The number of benzene rings is 1. The Morgan fingerprint density at radius 3 is 2.86 bits per heavy atom. The minimum atomic E-state index is -0.0856. The van der Waals surface area contributed by atoms with E-state index < -0.39 is 0 Å². The van der Waals surface area contributed by atoms with Crippen LogP contribution in [0, 0.1) is 5.92 Å². The lowest BCUT2D eigenvalue weighted by atomic mass is 10.1. The highest BCUT2D eigenvalue weighted by Gasteiger charge is 2.09. The van der Waals surface area contributed by atoms with Gasteiger partial charge in [0.05, 0.1) is 17.4 Å². The van der Waals surface area contributed by atoms with Crippen molar-refractivity contribution >= 4 is 5.91 Å². The molecule has 1 amide bonds. The van der Waals surface area contributed by atoms with Crippen molar-refractivity contribution < 1.29 is 4.79 Å². The molecule has 5 heteroatoms. The summed E-state index contributed by atoms with van der Waals surface area (Å²) in [6, 6.07) is 9.72. The van der Waals surface area contributed by atoms with Gasteiger partial charge in [-0.25, -0.2) is 4.68 Å². The van der Waals surface area contributed by atoms with Crippen LogP contribution in [0.1, 0.15) is 30.1 Å². The Morgan fingerprint density at radius 2 is 2.14 bits per heavy atom. The van der Waals surface area contributed by atoms with Crippen molar-refractivity contribution in [1.29, 1.82) is 0 Å². The van der Waals surface area contributed by atoms with Crippen molar-refractivity contribution in [2.24, 2.45) is 11.7 Å². The Hall–Kier alpha value is -2.14. The van der Waals surface area contributed by atoms with Crippen molar-refractivity contribution in [3.63, 3.8) is 0 Å². The maximum atomic E-state index is 12.0. The predicted octanol–water partition coefficient (Wildman–Crippen LogP) is 1.98. The van der Waals surface area contributed by atoms with Gasteiger partial charge in [-0.3, -0.25) is 4.79 Å². The van der Waals surface area contributed by atoms with Gasteiger partial charge in [0.15, 0.2) is 0 Å². The Morgan fingerprint density at radius 1 is 1.38 bits per heavy atom. The number of amides is 1. The molecule has 0 aliphatic rings. The first kappa shape index (κ1) is 15.3. The van der Waals surface area contributed by atoms with E-state index in [-0.39, 0.29) is 5.91 Å². The molecule has 0 saturated heterocycles. The van der Waals surface area contributed by atoms with Gasteiger partial charge in [-0.2, -0.15) is 5.10 Å². The van der Waals surface area contributed by atoms with Crippen LogP contribution in [0.3, 0.4) is 0 Å². The first-order chi connectivity index (χ1) is 10.2. The molecule has 1 heterocycles. The summed E-state index contributed by atoms with van der Waals surface area (Å²) in [5.41, 5.74) is 7.08. The van der Waals surface area contributed by atoms with Crippen LogP contribution in [0.4, 0.5) is 0 Å². The molecule has 1 atom stereocenters. The second-order valence-electron chi connectivity index (χ2n) is 5.25. The van der Waals surface area contributed by atoms with Crippen molar-refractivity contribution in [1.82, 2.24) is 15.1 Å². The van der Waals surface area contributed by atoms with Gasteiger partial charge in [-0.15, -0.1) is 0 Å². The molecule has 0 saturated carbocycles. The normalized spacial score (nSPS) is 12.1. The molecule has 1 aromatic heterocycles. The van der Waals surface area contributed by atoms with Gasteiger partial charge < -0.3 is 11.1 Å². The van der Waals surface area contributed by atoms with E-state index in [1.807, 2.05) is 30.3 Å². The Labute approximate surface area is 125 Å². The zero-order valence-electron chi connectivity index (χ0n) is 12.3. The summed E-state index contributed by atoms with van der Waals surface area (Å²) in [5, 5.41) is 7.13. The minimum Gasteiger partial charge on any atom is -0.352 e. The van der Waals surface area contributed by atoms with E-state index in [1.165, 1.54) is 0 Å². The molecule has 0 aliphatic carbocycles. The highest BCUT2D eigenvalue weighted by Crippen LogP contribution is 2.08. The third-order valence-electron chi connectivity index (χ3n) is 3.43. The van der Waals surface area contributed by atoms with Gasteiger partial charge in [0, 0.05) is 12.7 Å². The second kappa shape index (κ2) is 7.59. The summed E-state index contributed by atoms with van der Waals surface area (Å²) >= 11 is 0. The van der Waals surface area contributed by atoms with Crippen LogP contribution in [0.15, 0.2) is 42.7 Å². The molecule has 21 heavy (non-hydrogen) atoms. The monoisotopic (exact) mass is 286 g/mol. The molecule has 0 aliphatic heterocycles. The van der Waals surface area contributed by atoms with Crippen LogP contribution >= 0.6 is 0 Å². The van der Waals surface area contributed by atoms with Crippen LogP contribution in [-0.4, -0.2) is 28.8 Å². The van der Waals surface area contributed by atoms with E-state index in [0.717, 1.165) is 18.5 Å². The van der Waals surface area contributed by atoms with Gasteiger partial charge in [-0.1, -0.05) is 25.1 Å². The largest absolute Gasteiger partial charge is 0.352 e. The number of hydrogen-bond donors (Lipinski definition) is 2. The number of rotatable bonds is 7. The summed E-state index contributed by atoms with van der Waals surface area (Å²) in [6.07, 6.45) is 5.30. The van der Waals surface area contributed by atoms with E-state index >= 15 is 0 Å². The average Bonchev–Trinajstić information content (AvgIpc) is 3.02. The van der Waals surface area contributed by atoms with Crippen molar-refractivity contribution in [3.8, 4) is 5.69 Å². The Balaban J connectivity index is 1.85. The van der Waals surface area contributed by atoms with Crippen molar-refractivity contribution in [2.45, 2.75) is 19.8 Å². The van der Waals surface area contributed by atoms with E-state index in [1.54, 1.807) is 17.1 Å². The number of hydrogen-bond acceptors (Lipinski definition) is 3. The number of aromatic nitrogens is 2. The van der Waals surface area contributed by atoms with E-state index in [9.17, 15) is 4.79 Å². The maximum Gasteiger partial charge on any atom is 0.254 e. The molecule has 3 N–H and O–H groups in total. The highest BCUT2D eigenvalue weighted by molar-refractivity contribution is 5.93. The maximum absolute atomic E-state index is 12.0. The van der Waals surface area contributed by atoms with Gasteiger partial charge in [-0.05, 0) is 37.4 Å². The van der Waals surface area contributed by atoms with Crippen LogP contribution in [-0.2, 0) is 0 Å². The second-order valence-corrected chi connectivity index (χ2v) is 5.25. The SMILES string of the molecule is CC(CN)CCCNC(=O)c1cnn(-c2ccccc2)c1. The fourth-order valence-electron chi connectivity index (χ4n) is 2.03. The lowest BCUT2D eigenvalue weighted by Gasteiger charge is -2.08. The molecule has 5 nitrogen and oxygen atoms in total. The summed E-state index contributed by atoms with van der Waals surface area (Å²) in [5.74, 6) is 0.417. The van der Waals surface area contributed by atoms with Crippen LogP contribution in [0.25, 0.3) is 5.69 Å². The minimum absolute atomic E-state index is 0.0856. The molecule has 112 valence electrons. The van der Waals surface area contributed by atoms with E-state index in [2.05, 4.69) is 17.3 Å². The number of carbonyl (C=O) groups is 1. The summed E-state index contributed by atoms with van der Waals surface area (Å²) < 4.78 is 1.70.